The Hall–Kier alpha value is -1.34. The van der Waals surface area contributed by atoms with Gasteiger partial charge in [0.2, 0.25) is 5.91 Å². The first kappa shape index (κ1) is 10.7. The molecule has 1 heterocycles. The van der Waals surface area contributed by atoms with Gasteiger partial charge in [-0.25, -0.2) is 10.3 Å². The van der Waals surface area contributed by atoms with Gasteiger partial charge in [-0.2, -0.15) is 0 Å². The first-order valence-electron chi connectivity index (χ1n) is 4.24. The van der Waals surface area contributed by atoms with Crippen LogP contribution in [0.15, 0.2) is 0 Å². The molecule has 7 nitrogen and oxygen atoms in total. The molecule has 14 heavy (non-hydrogen) atoms. The van der Waals surface area contributed by atoms with E-state index in [2.05, 4.69) is 5.32 Å². The number of urea groups is 1. The fraction of sp³-hybridized carbons (Fsp3) is 0.714. The minimum Gasteiger partial charge on any atom is -0.368 e. The van der Waals surface area contributed by atoms with E-state index in [9.17, 15) is 9.59 Å². The van der Waals surface area contributed by atoms with Crippen molar-refractivity contribution in [2.24, 2.45) is 5.73 Å². The Morgan fingerprint density at radius 2 is 2.29 bits per heavy atom. The van der Waals surface area contributed by atoms with Gasteiger partial charge in [0.15, 0.2) is 0 Å². The van der Waals surface area contributed by atoms with E-state index >= 15 is 0 Å². The summed E-state index contributed by atoms with van der Waals surface area (Å²) >= 11 is 0. The summed E-state index contributed by atoms with van der Waals surface area (Å²) in [4.78, 5) is 23.6. The molecule has 5 N–H and O–H groups in total. The number of rotatable bonds is 1. The van der Waals surface area contributed by atoms with Crippen LogP contribution in [0.25, 0.3) is 0 Å². The summed E-state index contributed by atoms with van der Waals surface area (Å²) in [5.74, 6) is -0.603. The molecule has 80 valence electrons. The third-order valence-electron chi connectivity index (χ3n) is 2.45. The molecule has 0 aromatic carbocycles. The zero-order valence-electron chi connectivity index (χ0n) is 7.91. The molecule has 0 aliphatic carbocycles. The van der Waals surface area contributed by atoms with Crippen molar-refractivity contribution in [2.75, 3.05) is 19.6 Å². The zero-order valence-corrected chi connectivity index (χ0v) is 7.91. The summed E-state index contributed by atoms with van der Waals surface area (Å²) in [6, 6.07) is -0.715. The number of carbonyl (C=O) groups excluding carboxylic acids is 2. The van der Waals surface area contributed by atoms with Gasteiger partial charge in [-0.05, 0) is 6.92 Å². The third kappa shape index (κ3) is 1.64. The Morgan fingerprint density at radius 1 is 1.64 bits per heavy atom. The average molecular weight is 202 g/mol. The summed E-state index contributed by atoms with van der Waals surface area (Å²) in [6.45, 7) is 2.73. The lowest BCUT2D eigenvalue weighted by molar-refractivity contribution is -0.128. The van der Waals surface area contributed by atoms with Crippen LogP contribution in [0.4, 0.5) is 4.79 Å². The summed E-state index contributed by atoms with van der Waals surface area (Å²) in [5, 5.41) is 11.4. The van der Waals surface area contributed by atoms with Crippen molar-refractivity contribution in [1.29, 1.82) is 0 Å². The summed E-state index contributed by atoms with van der Waals surface area (Å²) in [6.07, 6.45) is 0. The highest BCUT2D eigenvalue weighted by atomic mass is 16.5. The zero-order chi connectivity index (χ0) is 10.8. The van der Waals surface area contributed by atoms with Gasteiger partial charge in [-0.15, -0.1) is 0 Å². The number of amides is 3. The molecule has 0 aromatic heterocycles. The molecule has 1 fully saturated rings. The fourth-order valence-electron chi connectivity index (χ4n) is 1.47. The van der Waals surface area contributed by atoms with Crippen molar-refractivity contribution < 1.29 is 14.8 Å². The van der Waals surface area contributed by atoms with Crippen molar-refractivity contribution in [1.82, 2.24) is 15.7 Å². The van der Waals surface area contributed by atoms with Crippen LogP contribution in [0.2, 0.25) is 0 Å². The minimum atomic E-state index is -1.09. The maximum atomic E-state index is 11.2. The number of hydroxylamine groups is 1. The molecular formula is C7H14N4O3. The van der Waals surface area contributed by atoms with Crippen molar-refractivity contribution in [3.63, 3.8) is 0 Å². The van der Waals surface area contributed by atoms with Crippen molar-refractivity contribution in [3.05, 3.63) is 0 Å². The normalized spacial score (nSPS) is 27.1. The van der Waals surface area contributed by atoms with E-state index in [4.69, 9.17) is 10.9 Å². The van der Waals surface area contributed by atoms with Gasteiger partial charge in [0, 0.05) is 19.6 Å². The SMILES string of the molecule is CC1(C(N)=O)CNCCN1C(=O)NO. The Kier molecular flexibility index (Phi) is 2.92. The molecule has 7 heteroatoms. The average Bonchev–Trinajstić information content (AvgIpc) is 2.17. The number of nitrogens with two attached hydrogens (primary N) is 1. The number of nitrogens with zero attached hydrogens (tertiary/aromatic N) is 1. The third-order valence-corrected chi connectivity index (χ3v) is 2.45. The highest BCUT2D eigenvalue weighted by molar-refractivity contribution is 5.89. The van der Waals surface area contributed by atoms with Gasteiger partial charge >= 0.3 is 6.03 Å². The second-order valence-corrected chi connectivity index (χ2v) is 3.38. The number of carbonyl (C=O) groups is 2. The first-order chi connectivity index (χ1) is 6.52. The largest absolute Gasteiger partial charge is 0.368 e. The molecule has 1 aliphatic heterocycles. The van der Waals surface area contributed by atoms with Gasteiger partial charge < -0.3 is 16.0 Å². The second kappa shape index (κ2) is 3.81. The number of nitrogens with one attached hydrogen (secondary N) is 2. The lowest BCUT2D eigenvalue weighted by atomic mass is 9.97. The van der Waals surface area contributed by atoms with Crippen molar-refractivity contribution in [3.8, 4) is 0 Å². The number of piperazine rings is 1. The molecule has 1 unspecified atom stereocenters. The molecule has 0 bridgehead atoms. The number of primary amides is 1. The number of hydrogen-bond acceptors (Lipinski definition) is 4. The highest BCUT2D eigenvalue weighted by Crippen LogP contribution is 2.16. The van der Waals surface area contributed by atoms with E-state index in [1.807, 2.05) is 0 Å². The Bertz CT molecular complexity index is 257. The minimum absolute atomic E-state index is 0.287. The molecule has 0 aromatic rings. The van der Waals surface area contributed by atoms with Crippen molar-refractivity contribution >= 4 is 11.9 Å². The lowest BCUT2D eigenvalue weighted by Gasteiger charge is -2.41. The number of hydrogen-bond donors (Lipinski definition) is 4. The second-order valence-electron chi connectivity index (χ2n) is 3.38. The van der Waals surface area contributed by atoms with E-state index in [0.29, 0.717) is 13.1 Å². The van der Waals surface area contributed by atoms with Crippen LogP contribution in [0.5, 0.6) is 0 Å². The molecular weight excluding hydrogens is 188 g/mol. The summed E-state index contributed by atoms with van der Waals surface area (Å²) < 4.78 is 0. The molecule has 1 aliphatic rings. The predicted octanol–water partition coefficient (Wildman–Crippen LogP) is -1.77. The van der Waals surface area contributed by atoms with E-state index in [1.165, 1.54) is 10.4 Å². The first-order valence-corrected chi connectivity index (χ1v) is 4.24. The van der Waals surface area contributed by atoms with Gasteiger partial charge in [-0.3, -0.25) is 10.0 Å². The Labute approximate surface area is 81.2 Å². The molecule has 0 spiro atoms. The van der Waals surface area contributed by atoms with Crippen LogP contribution in [0, 0.1) is 0 Å². The highest BCUT2D eigenvalue weighted by Gasteiger charge is 2.42. The Morgan fingerprint density at radius 3 is 2.79 bits per heavy atom. The van der Waals surface area contributed by atoms with E-state index in [1.54, 1.807) is 6.92 Å². The monoisotopic (exact) mass is 202 g/mol. The van der Waals surface area contributed by atoms with Crippen LogP contribution >= 0.6 is 0 Å². The molecule has 0 saturated carbocycles. The van der Waals surface area contributed by atoms with Crippen LogP contribution in [-0.4, -0.2) is 47.2 Å². The lowest BCUT2D eigenvalue weighted by Crippen LogP contribution is -2.68. The van der Waals surface area contributed by atoms with Gasteiger partial charge in [0.25, 0.3) is 0 Å². The van der Waals surface area contributed by atoms with Gasteiger partial charge in [-0.1, -0.05) is 0 Å². The maximum absolute atomic E-state index is 11.2. The quantitative estimate of drug-likeness (QED) is 0.298. The van der Waals surface area contributed by atoms with Crippen LogP contribution in [-0.2, 0) is 4.79 Å². The smallest absolute Gasteiger partial charge is 0.342 e. The standard InChI is InChI=1S/C7H14N4O3/c1-7(5(8)12)4-9-2-3-11(7)6(13)10-14/h9,14H,2-4H2,1H3,(H2,8,12)(H,10,13). The predicted molar refractivity (Wildman–Crippen MR) is 47.5 cm³/mol. The molecule has 0 radical (unpaired) electrons. The maximum Gasteiger partial charge on any atom is 0.342 e. The fourth-order valence-corrected chi connectivity index (χ4v) is 1.47. The van der Waals surface area contributed by atoms with E-state index < -0.39 is 17.5 Å². The summed E-state index contributed by atoms with van der Waals surface area (Å²) in [5.41, 5.74) is 5.61. The van der Waals surface area contributed by atoms with E-state index in [-0.39, 0.29) is 6.54 Å². The van der Waals surface area contributed by atoms with Crippen molar-refractivity contribution in [2.45, 2.75) is 12.5 Å². The van der Waals surface area contributed by atoms with Gasteiger partial charge in [0.05, 0.1) is 0 Å². The van der Waals surface area contributed by atoms with Crippen LogP contribution in [0.3, 0.4) is 0 Å². The van der Waals surface area contributed by atoms with Crippen LogP contribution in [0.1, 0.15) is 6.92 Å². The molecule has 1 rings (SSSR count). The topological polar surface area (TPSA) is 108 Å². The van der Waals surface area contributed by atoms with Gasteiger partial charge in [0.1, 0.15) is 5.54 Å². The van der Waals surface area contributed by atoms with Crippen LogP contribution < -0.4 is 16.5 Å². The van der Waals surface area contributed by atoms with E-state index in [0.717, 1.165) is 0 Å². The molecule has 1 atom stereocenters. The summed E-state index contributed by atoms with van der Waals surface area (Å²) in [7, 11) is 0. The molecule has 3 amide bonds. The Balaban J connectivity index is 2.88. The molecule has 1 saturated heterocycles.